The fraction of sp³-hybridized carbons (Fsp3) is 0.333. The summed E-state index contributed by atoms with van der Waals surface area (Å²) >= 11 is 1.33. The predicted molar refractivity (Wildman–Crippen MR) is 92.3 cm³/mol. The average Bonchev–Trinajstić information content (AvgIpc) is 3.14. The molecule has 0 saturated carbocycles. The van der Waals surface area contributed by atoms with Crippen LogP contribution in [0.5, 0.6) is 0 Å². The van der Waals surface area contributed by atoms with Crippen LogP contribution in [-0.2, 0) is 9.53 Å². The zero-order chi connectivity index (χ0) is 18.0. The Morgan fingerprint density at radius 1 is 1.36 bits per heavy atom. The number of thiophene rings is 1. The molecule has 0 spiro atoms. The van der Waals surface area contributed by atoms with Crippen LogP contribution in [0.4, 0.5) is 4.39 Å². The molecule has 1 amide bonds. The normalized spacial score (nSPS) is 19.8. The number of carbonyl (C=O) groups excluding carboxylic acids is 1. The quantitative estimate of drug-likeness (QED) is 0.855. The first kappa shape index (κ1) is 17.6. The molecule has 1 aromatic heterocycles. The molecule has 2 aromatic rings. The second-order valence-corrected chi connectivity index (χ2v) is 7.45. The lowest BCUT2D eigenvalue weighted by Crippen LogP contribution is -2.50. The highest BCUT2D eigenvalue weighted by Gasteiger charge is 2.39. The largest absolute Gasteiger partial charge is 0.481 e. The molecule has 1 unspecified atom stereocenters. The lowest BCUT2D eigenvalue weighted by molar-refractivity contribution is -0.138. The Bertz CT molecular complexity index is 794. The minimum atomic E-state index is -0.972. The van der Waals surface area contributed by atoms with Gasteiger partial charge in [-0.3, -0.25) is 9.59 Å². The van der Waals surface area contributed by atoms with Crippen molar-refractivity contribution in [3.05, 3.63) is 45.9 Å². The molecule has 3 rings (SSSR count). The Morgan fingerprint density at radius 3 is 2.68 bits per heavy atom. The van der Waals surface area contributed by atoms with E-state index < -0.39 is 11.5 Å². The van der Waals surface area contributed by atoms with Crippen LogP contribution in [0.25, 0.3) is 11.1 Å². The highest BCUT2D eigenvalue weighted by molar-refractivity contribution is 7.14. The van der Waals surface area contributed by atoms with Gasteiger partial charge in [0.05, 0.1) is 23.4 Å². The average molecular weight is 363 g/mol. The van der Waals surface area contributed by atoms with E-state index in [1.165, 1.54) is 23.5 Å². The van der Waals surface area contributed by atoms with Gasteiger partial charge < -0.3 is 15.2 Å². The van der Waals surface area contributed by atoms with Gasteiger partial charge in [-0.1, -0.05) is 12.1 Å². The summed E-state index contributed by atoms with van der Waals surface area (Å²) < 4.78 is 18.4. The first-order chi connectivity index (χ1) is 11.9. The van der Waals surface area contributed by atoms with Gasteiger partial charge in [0.2, 0.25) is 0 Å². The van der Waals surface area contributed by atoms with Gasteiger partial charge in [-0.2, -0.15) is 0 Å². The molecule has 25 heavy (non-hydrogen) atoms. The van der Waals surface area contributed by atoms with Gasteiger partial charge in [0.15, 0.2) is 0 Å². The first-order valence-corrected chi connectivity index (χ1v) is 8.69. The van der Waals surface area contributed by atoms with E-state index in [2.05, 4.69) is 5.32 Å². The van der Waals surface area contributed by atoms with Crippen LogP contribution in [-0.4, -0.2) is 35.7 Å². The second kappa shape index (κ2) is 6.93. The van der Waals surface area contributed by atoms with E-state index in [1.54, 1.807) is 18.2 Å². The lowest BCUT2D eigenvalue weighted by atomic mass is 9.94. The molecule has 132 valence electrons. The molecule has 1 saturated heterocycles. The van der Waals surface area contributed by atoms with Crippen molar-refractivity contribution in [2.24, 2.45) is 0 Å². The minimum Gasteiger partial charge on any atom is -0.481 e. The standard InChI is InChI=1S/C18H18FNO4S/c1-11-14(12-2-4-13(19)5-3-12)8-15(25-11)17(23)20-18(9-16(21)22)6-7-24-10-18/h2-5,8H,6-7,9-10H2,1H3,(H,20,23)(H,21,22). The molecule has 1 aromatic carbocycles. The van der Waals surface area contributed by atoms with Gasteiger partial charge >= 0.3 is 5.97 Å². The monoisotopic (exact) mass is 363 g/mol. The van der Waals surface area contributed by atoms with Crippen molar-refractivity contribution < 1.29 is 23.8 Å². The third-order valence-corrected chi connectivity index (χ3v) is 5.32. The van der Waals surface area contributed by atoms with Crippen molar-refractivity contribution in [1.82, 2.24) is 5.32 Å². The minimum absolute atomic E-state index is 0.173. The van der Waals surface area contributed by atoms with Crippen molar-refractivity contribution in [2.75, 3.05) is 13.2 Å². The maximum atomic E-state index is 13.1. The Kier molecular flexibility index (Phi) is 4.87. The van der Waals surface area contributed by atoms with Gasteiger partial charge in [0.25, 0.3) is 5.91 Å². The lowest BCUT2D eigenvalue weighted by Gasteiger charge is -2.26. The molecular formula is C18H18FNO4S. The molecule has 1 fully saturated rings. The Labute approximate surface area is 148 Å². The number of carboxylic acids is 1. The SMILES string of the molecule is Cc1sc(C(=O)NC2(CC(=O)O)CCOC2)cc1-c1ccc(F)cc1. The van der Waals surface area contributed by atoms with Crippen LogP contribution in [0.15, 0.2) is 30.3 Å². The van der Waals surface area contributed by atoms with Crippen molar-refractivity contribution in [3.8, 4) is 11.1 Å². The van der Waals surface area contributed by atoms with Crippen molar-refractivity contribution in [3.63, 3.8) is 0 Å². The number of carbonyl (C=O) groups is 2. The molecule has 7 heteroatoms. The number of hydrogen-bond donors (Lipinski definition) is 2. The molecule has 2 N–H and O–H groups in total. The number of nitrogens with one attached hydrogen (secondary N) is 1. The van der Waals surface area contributed by atoms with Crippen LogP contribution >= 0.6 is 11.3 Å². The van der Waals surface area contributed by atoms with Crippen LogP contribution in [0.1, 0.15) is 27.4 Å². The molecule has 1 atom stereocenters. The summed E-state index contributed by atoms with van der Waals surface area (Å²) in [5, 5.41) is 12.0. The van der Waals surface area contributed by atoms with E-state index in [4.69, 9.17) is 9.84 Å². The van der Waals surface area contributed by atoms with Gasteiger partial charge in [-0.05, 0) is 42.7 Å². The van der Waals surface area contributed by atoms with Gasteiger partial charge in [0, 0.05) is 11.5 Å². The summed E-state index contributed by atoms with van der Waals surface area (Å²) in [4.78, 5) is 25.2. The van der Waals surface area contributed by atoms with Crippen LogP contribution in [0.2, 0.25) is 0 Å². The summed E-state index contributed by atoms with van der Waals surface area (Å²) in [5.41, 5.74) is 0.834. The number of aliphatic carboxylic acids is 1. The maximum absolute atomic E-state index is 13.1. The Hall–Kier alpha value is -2.25. The van der Waals surface area contributed by atoms with Crippen LogP contribution < -0.4 is 5.32 Å². The molecule has 2 heterocycles. The third kappa shape index (κ3) is 3.88. The van der Waals surface area contributed by atoms with Gasteiger partial charge in [-0.25, -0.2) is 4.39 Å². The molecule has 0 bridgehead atoms. The molecule has 0 aliphatic carbocycles. The summed E-state index contributed by atoms with van der Waals surface area (Å²) in [5.74, 6) is -1.60. The van der Waals surface area contributed by atoms with E-state index in [0.29, 0.717) is 17.9 Å². The third-order valence-electron chi connectivity index (χ3n) is 4.27. The number of ether oxygens (including phenoxy) is 1. The second-order valence-electron chi connectivity index (χ2n) is 6.19. The first-order valence-electron chi connectivity index (χ1n) is 7.87. The smallest absolute Gasteiger partial charge is 0.305 e. The fourth-order valence-corrected chi connectivity index (χ4v) is 3.93. The summed E-state index contributed by atoms with van der Waals surface area (Å²) in [7, 11) is 0. The summed E-state index contributed by atoms with van der Waals surface area (Å²) in [6.07, 6.45) is 0.300. The number of rotatable bonds is 5. The van der Waals surface area contributed by atoms with Crippen molar-refractivity contribution in [2.45, 2.75) is 25.3 Å². The fourth-order valence-electron chi connectivity index (χ4n) is 2.99. The topological polar surface area (TPSA) is 75.6 Å². The molecule has 1 aliphatic rings. The zero-order valence-corrected chi connectivity index (χ0v) is 14.5. The number of amides is 1. The van der Waals surface area contributed by atoms with E-state index in [1.807, 2.05) is 6.92 Å². The number of benzene rings is 1. The van der Waals surface area contributed by atoms with E-state index in [-0.39, 0.29) is 24.8 Å². The van der Waals surface area contributed by atoms with E-state index in [9.17, 15) is 14.0 Å². The zero-order valence-electron chi connectivity index (χ0n) is 13.7. The molecule has 0 radical (unpaired) electrons. The Morgan fingerprint density at radius 2 is 2.08 bits per heavy atom. The maximum Gasteiger partial charge on any atom is 0.305 e. The van der Waals surface area contributed by atoms with Crippen molar-refractivity contribution >= 4 is 23.2 Å². The van der Waals surface area contributed by atoms with Crippen molar-refractivity contribution in [1.29, 1.82) is 0 Å². The summed E-state index contributed by atoms with van der Waals surface area (Å²) in [6, 6.07) is 7.85. The highest BCUT2D eigenvalue weighted by Crippen LogP contribution is 2.32. The van der Waals surface area contributed by atoms with Gasteiger partial charge in [-0.15, -0.1) is 11.3 Å². The molecule has 1 aliphatic heterocycles. The number of hydrogen-bond acceptors (Lipinski definition) is 4. The van der Waals surface area contributed by atoms with E-state index >= 15 is 0 Å². The van der Waals surface area contributed by atoms with E-state index in [0.717, 1.165) is 16.0 Å². The van der Waals surface area contributed by atoms with Crippen LogP contribution in [0, 0.1) is 12.7 Å². The predicted octanol–water partition coefficient (Wildman–Crippen LogP) is 3.23. The highest BCUT2D eigenvalue weighted by atomic mass is 32.1. The molecule has 5 nitrogen and oxygen atoms in total. The Balaban J connectivity index is 1.82. The summed E-state index contributed by atoms with van der Waals surface area (Å²) in [6.45, 7) is 2.52. The van der Waals surface area contributed by atoms with Gasteiger partial charge in [0.1, 0.15) is 5.82 Å². The molecular weight excluding hydrogens is 345 g/mol. The number of halogens is 1. The number of aryl methyl sites for hydroxylation is 1. The number of carboxylic acid groups (broad SMARTS) is 1. The van der Waals surface area contributed by atoms with Crippen LogP contribution in [0.3, 0.4) is 0 Å².